The van der Waals surface area contributed by atoms with Gasteiger partial charge in [0.05, 0.1) is 0 Å². The predicted octanol–water partition coefficient (Wildman–Crippen LogP) is 3.41. The second-order valence-electron chi connectivity index (χ2n) is 5.22. The molecule has 1 aromatic carbocycles. The molecule has 2 rings (SSSR count). The maximum atomic E-state index is 12.5. The number of hydrogen-bond acceptors (Lipinski definition) is 4. The highest BCUT2D eigenvalue weighted by atomic mass is 32.2. The molecule has 0 N–H and O–H groups in total. The SMILES string of the molecule is CSc1ccc(/C=[N+](\[O-])[C@H]2N(C)C(=S)SC2(C)C)cc1. The maximum absolute atomic E-state index is 12.5. The molecular formula is C14H18N2OS3. The lowest BCUT2D eigenvalue weighted by Crippen LogP contribution is -2.46. The first-order valence-corrected chi connectivity index (χ1v) is 8.70. The normalized spacial score (nSPS) is 22.4. The molecule has 1 atom stereocenters. The number of hydroxylamine groups is 1. The molecule has 6 heteroatoms. The van der Waals surface area contributed by atoms with Gasteiger partial charge in [0.2, 0.25) is 0 Å². The molecule has 20 heavy (non-hydrogen) atoms. The van der Waals surface area contributed by atoms with Crippen molar-refractivity contribution in [2.24, 2.45) is 0 Å². The summed E-state index contributed by atoms with van der Waals surface area (Å²) in [7, 11) is 1.88. The summed E-state index contributed by atoms with van der Waals surface area (Å²) in [5.74, 6) is 0. The van der Waals surface area contributed by atoms with Crippen LogP contribution < -0.4 is 0 Å². The van der Waals surface area contributed by atoms with Crippen molar-refractivity contribution in [1.82, 2.24) is 4.90 Å². The van der Waals surface area contributed by atoms with Gasteiger partial charge in [0.15, 0.2) is 6.21 Å². The van der Waals surface area contributed by atoms with Crippen molar-refractivity contribution in [1.29, 1.82) is 0 Å². The van der Waals surface area contributed by atoms with Crippen molar-refractivity contribution in [3.8, 4) is 0 Å². The van der Waals surface area contributed by atoms with Gasteiger partial charge in [-0.25, -0.2) is 0 Å². The molecule has 0 aromatic heterocycles. The lowest BCUT2D eigenvalue weighted by atomic mass is 10.1. The largest absolute Gasteiger partial charge is 0.622 e. The van der Waals surface area contributed by atoms with E-state index in [9.17, 15) is 5.21 Å². The summed E-state index contributed by atoms with van der Waals surface area (Å²) in [4.78, 5) is 3.06. The summed E-state index contributed by atoms with van der Waals surface area (Å²) in [5.41, 5.74) is 0.907. The van der Waals surface area contributed by atoms with E-state index in [1.54, 1.807) is 29.7 Å². The lowest BCUT2D eigenvalue weighted by molar-refractivity contribution is -0.522. The van der Waals surface area contributed by atoms with E-state index in [4.69, 9.17) is 12.2 Å². The van der Waals surface area contributed by atoms with Gasteiger partial charge in [-0.05, 0) is 44.4 Å². The number of hydrogen-bond donors (Lipinski definition) is 0. The number of benzene rings is 1. The lowest BCUT2D eigenvalue weighted by Gasteiger charge is -2.27. The van der Waals surface area contributed by atoms with E-state index in [0.29, 0.717) is 0 Å². The molecule has 108 valence electrons. The van der Waals surface area contributed by atoms with E-state index >= 15 is 0 Å². The standard InChI is InChI=1S/C14H18N2OS3/c1-14(2)12(15(3)13(18)20-14)16(17)9-10-5-7-11(19-4)8-6-10/h5-9,12H,1-4H3/b16-9-/t12-/m1/s1. The Hall–Kier alpha value is -0.720. The van der Waals surface area contributed by atoms with Crippen LogP contribution in [0.15, 0.2) is 29.2 Å². The van der Waals surface area contributed by atoms with Crippen molar-refractivity contribution >= 4 is 46.3 Å². The van der Waals surface area contributed by atoms with Crippen LogP contribution in [0, 0.1) is 5.21 Å². The van der Waals surface area contributed by atoms with E-state index in [-0.39, 0.29) is 10.9 Å². The number of thioether (sulfide) groups is 2. The average molecular weight is 327 g/mol. The van der Waals surface area contributed by atoms with Gasteiger partial charge in [0.25, 0.3) is 6.17 Å². The van der Waals surface area contributed by atoms with Gasteiger partial charge in [-0.1, -0.05) is 24.0 Å². The van der Waals surface area contributed by atoms with E-state index < -0.39 is 0 Å². The van der Waals surface area contributed by atoms with E-state index in [1.165, 1.54) is 4.90 Å². The minimum absolute atomic E-state index is 0.219. The summed E-state index contributed by atoms with van der Waals surface area (Å²) in [6.45, 7) is 4.10. The smallest absolute Gasteiger partial charge is 0.254 e. The van der Waals surface area contributed by atoms with Crippen LogP contribution in [0.5, 0.6) is 0 Å². The zero-order chi connectivity index (χ0) is 14.9. The molecule has 1 aliphatic heterocycles. The Morgan fingerprint density at radius 2 is 2.00 bits per heavy atom. The predicted molar refractivity (Wildman–Crippen MR) is 92.8 cm³/mol. The topological polar surface area (TPSA) is 29.3 Å². The molecule has 0 bridgehead atoms. The summed E-state index contributed by atoms with van der Waals surface area (Å²) < 4.78 is 1.57. The first kappa shape index (κ1) is 15.7. The molecule has 0 amide bonds. The van der Waals surface area contributed by atoms with Crippen molar-refractivity contribution in [2.45, 2.75) is 29.7 Å². The minimum atomic E-state index is -0.278. The molecule has 0 radical (unpaired) electrons. The van der Waals surface area contributed by atoms with Gasteiger partial charge >= 0.3 is 0 Å². The Balaban J connectivity index is 2.27. The molecule has 3 nitrogen and oxygen atoms in total. The van der Waals surface area contributed by atoms with Crippen LogP contribution in [0.1, 0.15) is 19.4 Å². The Morgan fingerprint density at radius 1 is 1.40 bits per heavy atom. The third-order valence-electron chi connectivity index (χ3n) is 3.26. The summed E-state index contributed by atoms with van der Waals surface area (Å²) in [5, 5.41) is 12.5. The monoisotopic (exact) mass is 326 g/mol. The number of rotatable bonds is 3. The van der Waals surface area contributed by atoms with Crippen LogP contribution in [-0.2, 0) is 0 Å². The van der Waals surface area contributed by atoms with Crippen LogP contribution in [0.2, 0.25) is 0 Å². The fourth-order valence-electron chi connectivity index (χ4n) is 2.30. The van der Waals surface area contributed by atoms with Crippen LogP contribution in [-0.4, -0.2) is 44.4 Å². The van der Waals surface area contributed by atoms with Crippen LogP contribution in [0.4, 0.5) is 0 Å². The molecule has 1 saturated heterocycles. The Labute approximate surface area is 134 Å². The molecular weight excluding hydrogens is 308 g/mol. The van der Waals surface area contributed by atoms with Gasteiger partial charge < -0.3 is 10.1 Å². The van der Waals surface area contributed by atoms with Crippen LogP contribution >= 0.6 is 35.7 Å². The third-order valence-corrected chi connectivity index (χ3v) is 5.74. The highest BCUT2D eigenvalue weighted by Crippen LogP contribution is 2.40. The Kier molecular flexibility index (Phi) is 4.66. The second kappa shape index (κ2) is 5.95. The fourth-order valence-corrected chi connectivity index (χ4v) is 4.51. The van der Waals surface area contributed by atoms with Crippen LogP contribution in [0.3, 0.4) is 0 Å². The molecule has 0 aliphatic carbocycles. The average Bonchev–Trinajstić information content (AvgIpc) is 2.59. The van der Waals surface area contributed by atoms with Crippen molar-refractivity contribution < 1.29 is 4.74 Å². The van der Waals surface area contributed by atoms with Crippen molar-refractivity contribution in [3.05, 3.63) is 35.0 Å². The molecule has 1 heterocycles. The van der Waals surface area contributed by atoms with Crippen molar-refractivity contribution in [3.63, 3.8) is 0 Å². The van der Waals surface area contributed by atoms with E-state index in [2.05, 4.69) is 0 Å². The summed E-state index contributed by atoms with van der Waals surface area (Å²) in [6, 6.07) is 7.97. The van der Waals surface area contributed by atoms with Gasteiger partial charge in [-0.3, -0.25) is 0 Å². The minimum Gasteiger partial charge on any atom is -0.622 e. The zero-order valence-electron chi connectivity index (χ0n) is 12.0. The van der Waals surface area contributed by atoms with Gasteiger partial charge in [-0.15, -0.1) is 11.8 Å². The molecule has 0 saturated carbocycles. The number of nitrogens with zero attached hydrogens (tertiary/aromatic N) is 2. The van der Waals surface area contributed by atoms with Gasteiger partial charge in [0.1, 0.15) is 9.07 Å². The zero-order valence-corrected chi connectivity index (χ0v) is 14.4. The van der Waals surface area contributed by atoms with Crippen molar-refractivity contribution in [2.75, 3.05) is 13.3 Å². The molecule has 0 unspecified atom stereocenters. The highest BCUT2D eigenvalue weighted by molar-refractivity contribution is 8.24. The quantitative estimate of drug-likeness (QED) is 0.212. The third kappa shape index (κ3) is 3.13. The first-order valence-electron chi connectivity index (χ1n) is 6.25. The summed E-state index contributed by atoms with van der Waals surface area (Å²) in [6.07, 6.45) is 3.40. The highest BCUT2D eigenvalue weighted by Gasteiger charge is 2.48. The molecule has 1 aliphatic rings. The van der Waals surface area contributed by atoms with E-state index in [0.717, 1.165) is 14.6 Å². The number of thiocarbonyl (C=S) groups is 1. The Morgan fingerprint density at radius 3 is 2.45 bits per heavy atom. The summed E-state index contributed by atoms with van der Waals surface area (Å²) >= 11 is 8.56. The first-order chi connectivity index (χ1) is 9.35. The maximum Gasteiger partial charge on any atom is 0.254 e. The van der Waals surface area contributed by atoms with Gasteiger partial charge in [0, 0.05) is 17.5 Å². The fraction of sp³-hybridized carbons (Fsp3) is 0.429. The van der Waals surface area contributed by atoms with E-state index in [1.807, 2.05) is 56.3 Å². The molecule has 1 aromatic rings. The van der Waals surface area contributed by atoms with Gasteiger partial charge in [-0.2, -0.15) is 4.74 Å². The molecule has 1 fully saturated rings. The Bertz CT molecular complexity index is 540. The second-order valence-corrected chi connectivity index (χ2v) is 8.39. The molecule has 0 spiro atoms. The van der Waals surface area contributed by atoms with Crippen LogP contribution in [0.25, 0.3) is 0 Å².